The van der Waals surface area contributed by atoms with Crippen molar-refractivity contribution in [1.29, 1.82) is 5.26 Å². The summed E-state index contributed by atoms with van der Waals surface area (Å²) in [6.07, 6.45) is -5.65. The molecule has 0 spiro atoms. The Balaban J connectivity index is 2.15. The number of hydrogen-bond donors (Lipinski definition) is 2. The molecule has 0 saturated carbocycles. The molecule has 0 aliphatic carbocycles. The Hall–Kier alpha value is -2.23. The molecular weight excluding hydrogens is 329 g/mol. The van der Waals surface area contributed by atoms with Crippen LogP contribution in [0.5, 0.6) is 0 Å². The lowest BCUT2D eigenvalue weighted by Gasteiger charge is -2.16. The van der Waals surface area contributed by atoms with E-state index in [9.17, 15) is 18.3 Å². The molecule has 0 fully saturated rings. The minimum atomic E-state index is -4.47. The number of aliphatic hydroxyl groups is 1. The van der Waals surface area contributed by atoms with Crippen LogP contribution in [0.4, 0.5) is 18.9 Å². The monoisotopic (exact) mass is 340 g/mol. The Morgan fingerprint density at radius 3 is 2.57 bits per heavy atom. The van der Waals surface area contributed by atoms with Gasteiger partial charge >= 0.3 is 6.18 Å². The fourth-order valence-electron chi connectivity index (χ4n) is 2.04. The van der Waals surface area contributed by atoms with E-state index >= 15 is 0 Å². The summed E-state index contributed by atoms with van der Waals surface area (Å²) in [5.74, 6) is 0. The summed E-state index contributed by atoms with van der Waals surface area (Å²) >= 11 is 5.98. The zero-order valence-electron chi connectivity index (χ0n) is 11.7. The van der Waals surface area contributed by atoms with E-state index in [1.54, 1.807) is 18.2 Å². The second-order valence-corrected chi connectivity index (χ2v) is 5.20. The second kappa shape index (κ2) is 6.90. The van der Waals surface area contributed by atoms with Crippen LogP contribution < -0.4 is 5.32 Å². The molecule has 2 N–H and O–H groups in total. The minimum absolute atomic E-state index is 0.0836. The van der Waals surface area contributed by atoms with Gasteiger partial charge in [0.2, 0.25) is 0 Å². The lowest BCUT2D eigenvalue weighted by molar-refractivity contribution is -0.137. The molecule has 0 saturated heterocycles. The lowest BCUT2D eigenvalue weighted by Crippen LogP contribution is -2.14. The first-order valence-electron chi connectivity index (χ1n) is 6.60. The third kappa shape index (κ3) is 4.15. The molecule has 23 heavy (non-hydrogen) atoms. The Morgan fingerprint density at radius 1 is 1.22 bits per heavy atom. The average Bonchev–Trinajstić information content (AvgIpc) is 2.52. The number of alkyl halides is 3. The molecule has 0 aromatic heterocycles. The van der Waals surface area contributed by atoms with Crippen molar-refractivity contribution in [3.05, 3.63) is 64.2 Å². The minimum Gasteiger partial charge on any atom is -0.387 e. The molecule has 1 unspecified atom stereocenters. The van der Waals surface area contributed by atoms with Gasteiger partial charge in [0.15, 0.2) is 0 Å². The Morgan fingerprint density at radius 2 is 1.91 bits per heavy atom. The Labute approximate surface area is 135 Å². The number of nitriles is 1. The number of halogens is 4. The van der Waals surface area contributed by atoms with Crippen LogP contribution in [0.2, 0.25) is 5.02 Å². The van der Waals surface area contributed by atoms with Crippen LogP contribution in [0.3, 0.4) is 0 Å². The van der Waals surface area contributed by atoms with E-state index in [1.807, 2.05) is 6.07 Å². The van der Waals surface area contributed by atoms with Crippen molar-refractivity contribution in [3.63, 3.8) is 0 Å². The molecule has 0 aliphatic heterocycles. The first kappa shape index (κ1) is 17.1. The number of benzene rings is 2. The molecule has 120 valence electrons. The molecule has 1 atom stereocenters. The molecule has 3 nitrogen and oxygen atoms in total. The summed E-state index contributed by atoms with van der Waals surface area (Å²) < 4.78 is 38.0. The van der Waals surface area contributed by atoms with Crippen molar-refractivity contribution in [2.45, 2.75) is 12.3 Å². The van der Waals surface area contributed by atoms with Gasteiger partial charge in [-0.3, -0.25) is 0 Å². The van der Waals surface area contributed by atoms with E-state index < -0.39 is 17.8 Å². The highest BCUT2D eigenvalue weighted by Gasteiger charge is 2.30. The quantitative estimate of drug-likeness (QED) is 0.868. The molecule has 0 aliphatic rings. The van der Waals surface area contributed by atoms with E-state index in [2.05, 4.69) is 5.32 Å². The number of para-hydroxylation sites is 1. The maximum atomic E-state index is 12.7. The Bertz CT molecular complexity index is 741. The number of nitrogens with zero attached hydrogens (tertiary/aromatic N) is 1. The molecule has 2 aromatic carbocycles. The zero-order chi connectivity index (χ0) is 17.0. The fourth-order valence-corrected chi connectivity index (χ4v) is 2.28. The maximum absolute atomic E-state index is 12.7. The van der Waals surface area contributed by atoms with Crippen molar-refractivity contribution >= 4 is 17.3 Å². The summed E-state index contributed by atoms with van der Waals surface area (Å²) in [7, 11) is 0. The molecule has 2 rings (SSSR count). The first-order valence-corrected chi connectivity index (χ1v) is 6.98. The van der Waals surface area contributed by atoms with Gasteiger partial charge in [0.1, 0.15) is 6.07 Å². The predicted molar refractivity (Wildman–Crippen MR) is 81.1 cm³/mol. The van der Waals surface area contributed by atoms with Crippen LogP contribution in [0.1, 0.15) is 22.8 Å². The average molecular weight is 341 g/mol. The van der Waals surface area contributed by atoms with E-state index in [0.717, 1.165) is 12.1 Å². The van der Waals surface area contributed by atoms with Gasteiger partial charge in [-0.05, 0) is 29.8 Å². The summed E-state index contributed by atoms with van der Waals surface area (Å²) in [6, 6.07) is 11.1. The summed E-state index contributed by atoms with van der Waals surface area (Å²) in [5.41, 5.74) is -0.0844. The molecule has 0 radical (unpaired) electrons. The molecule has 2 aromatic rings. The van der Waals surface area contributed by atoms with E-state index in [4.69, 9.17) is 16.9 Å². The van der Waals surface area contributed by atoms with Gasteiger partial charge in [0.25, 0.3) is 0 Å². The highest BCUT2D eigenvalue weighted by molar-refractivity contribution is 6.33. The van der Waals surface area contributed by atoms with Gasteiger partial charge in [-0.15, -0.1) is 0 Å². The third-order valence-electron chi connectivity index (χ3n) is 3.20. The smallest absolute Gasteiger partial charge is 0.387 e. The van der Waals surface area contributed by atoms with Crippen LogP contribution in [0.15, 0.2) is 42.5 Å². The van der Waals surface area contributed by atoms with Crippen molar-refractivity contribution in [1.82, 2.24) is 0 Å². The van der Waals surface area contributed by atoms with Gasteiger partial charge in [-0.2, -0.15) is 18.4 Å². The number of rotatable bonds is 4. The summed E-state index contributed by atoms with van der Waals surface area (Å²) in [6.45, 7) is -0.0836. The topological polar surface area (TPSA) is 56.0 Å². The largest absolute Gasteiger partial charge is 0.416 e. The fraction of sp³-hybridized carbons (Fsp3) is 0.188. The van der Waals surface area contributed by atoms with Crippen molar-refractivity contribution in [2.24, 2.45) is 0 Å². The van der Waals surface area contributed by atoms with Crippen molar-refractivity contribution in [2.75, 3.05) is 11.9 Å². The van der Waals surface area contributed by atoms with Gasteiger partial charge in [0, 0.05) is 6.54 Å². The first-order chi connectivity index (χ1) is 10.8. The van der Waals surface area contributed by atoms with Crippen LogP contribution >= 0.6 is 11.6 Å². The number of aliphatic hydroxyl groups excluding tert-OH is 1. The van der Waals surface area contributed by atoms with Crippen LogP contribution in [-0.2, 0) is 6.18 Å². The van der Waals surface area contributed by atoms with Crippen LogP contribution in [0, 0.1) is 11.3 Å². The number of hydrogen-bond acceptors (Lipinski definition) is 3. The molecule has 0 heterocycles. The highest BCUT2D eigenvalue weighted by Crippen LogP contribution is 2.31. The van der Waals surface area contributed by atoms with Crippen molar-refractivity contribution in [3.8, 4) is 6.07 Å². The second-order valence-electron chi connectivity index (χ2n) is 4.79. The third-order valence-corrected chi connectivity index (χ3v) is 3.52. The zero-order valence-corrected chi connectivity index (χ0v) is 12.5. The SMILES string of the molecule is N#Cc1cccc(Cl)c1NCC(O)c1cccc(C(F)(F)F)c1. The maximum Gasteiger partial charge on any atom is 0.416 e. The summed E-state index contributed by atoms with van der Waals surface area (Å²) in [5, 5.41) is 22.2. The van der Waals surface area contributed by atoms with Gasteiger partial charge in [-0.25, -0.2) is 0 Å². The standard InChI is InChI=1S/C16H12ClF3N2O/c17-13-6-2-4-11(8-21)15(13)22-9-14(23)10-3-1-5-12(7-10)16(18,19)20/h1-7,14,22-23H,9H2. The highest BCUT2D eigenvalue weighted by atomic mass is 35.5. The Kier molecular flexibility index (Phi) is 5.14. The van der Waals surface area contributed by atoms with E-state index in [0.29, 0.717) is 10.7 Å². The van der Waals surface area contributed by atoms with Gasteiger partial charge in [-0.1, -0.05) is 29.8 Å². The molecular formula is C16H12ClF3N2O. The number of nitrogens with one attached hydrogen (secondary N) is 1. The predicted octanol–water partition coefficient (Wildman–Crippen LogP) is 4.38. The molecule has 0 amide bonds. The summed E-state index contributed by atoms with van der Waals surface area (Å²) in [4.78, 5) is 0. The van der Waals surface area contributed by atoms with E-state index in [1.165, 1.54) is 12.1 Å². The van der Waals surface area contributed by atoms with Gasteiger partial charge in [0.05, 0.1) is 27.9 Å². The van der Waals surface area contributed by atoms with Crippen LogP contribution in [-0.4, -0.2) is 11.7 Å². The van der Waals surface area contributed by atoms with E-state index in [-0.39, 0.29) is 17.7 Å². The lowest BCUT2D eigenvalue weighted by atomic mass is 10.1. The number of anilines is 1. The molecule has 7 heteroatoms. The van der Waals surface area contributed by atoms with Crippen LogP contribution in [0.25, 0.3) is 0 Å². The van der Waals surface area contributed by atoms with Gasteiger partial charge < -0.3 is 10.4 Å². The van der Waals surface area contributed by atoms with Crippen molar-refractivity contribution < 1.29 is 18.3 Å². The normalized spacial score (nSPS) is 12.5. The molecule has 0 bridgehead atoms.